The smallest absolute Gasteiger partial charge is 0.0207 e. The van der Waals surface area contributed by atoms with E-state index in [1.807, 2.05) is 7.05 Å². The highest BCUT2D eigenvalue weighted by atomic mass is 79.9. The van der Waals surface area contributed by atoms with Crippen LogP contribution in [0.15, 0.2) is 28.7 Å². The van der Waals surface area contributed by atoms with E-state index in [1.54, 1.807) is 0 Å². The van der Waals surface area contributed by atoms with E-state index in [0.717, 1.165) is 0 Å². The molecule has 1 rings (SSSR count). The maximum absolute atomic E-state index is 3.58. The van der Waals surface area contributed by atoms with E-state index in [9.17, 15) is 0 Å². The van der Waals surface area contributed by atoms with Gasteiger partial charge in [-0.05, 0) is 44.4 Å². The van der Waals surface area contributed by atoms with Crippen LogP contribution in [-0.4, -0.2) is 13.1 Å². The Balaban J connectivity index is 2.34. The first-order valence-electron chi connectivity index (χ1n) is 5.68. The molecule has 0 radical (unpaired) electrons. The number of nitrogens with one attached hydrogen (secondary N) is 1. The minimum absolute atomic E-state index is 0.674. The van der Waals surface area contributed by atoms with Gasteiger partial charge in [0.05, 0.1) is 0 Å². The summed E-state index contributed by atoms with van der Waals surface area (Å²) in [5.74, 6) is 0. The second kappa shape index (κ2) is 7.02. The van der Waals surface area contributed by atoms with Gasteiger partial charge in [0.2, 0.25) is 0 Å². The van der Waals surface area contributed by atoms with Gasteiger partial charge >= 0.3 is 0 Å². The molecule has 0 aliphatic heterocycles. The van der Waals surface area contributed by atoms with Crippen LogP contribution in [0.1, 0.15) is 31.7 Å². The molecule has 1 aromatic carbocycles. The fourth-order valence-electron chi connectivity index (χ4n) is 1.79. The monoisotopic (exact) mass is 269 g/mol. The minimum atomic E-state index is 0.674. The van der Waals surface area contributed by atoms with Gasteiger partial charge < -0.3 is 5.32 Å². The van der Waals surface area contributed by atoms with E-state index >= 15 is 0 Å². The molecule has 0 saturated heterocycles. The second-order valence-corrected chi connectivity index (χ2v) is 4.73. The van der Waals surface area contributed by atoms with Crippen molar-refractivity contribution in [1.29, 1.82) is 0 Å². The van der Waals surface area contributed by atoms with Crippen molar-refractivity contribution in [2.45, 2.75) is 38.6 Å². The summed E-state index contributed by atoms with van der Waals surface area (Å²) in [6.45, 7) is 2.24. The van der Waals surface area contributed by atoms with Crippen molar-refractivity contribution < 1.29 is 0 Å². The van der Waals surface area contributed by atoms with Gasteiger partial charge in [-0.15, -0.1) is 0 Å². The summed E-state index contributed by atoms with van der Waals surface area (Å²) in [6, 6.07) is 9.16. The number of rotatable bonds is 6. The summed E-state index contributed by atoms with van der Waals surface area (Å²) >= 11 is 3.58. The molecule has 0 fully saturated rings. The highest BCUT2D eigenvalue weighted by Crippen LogP contribution is 2.18. The van der Waals surface area contributed by atoms with Crippen LogP contribution < -0.4 is 5.32 Å². The largest absolute Gasteiger partial charge is 0.317 e. The third-order valence-corrected chi connectivity index (χ3v) is 3.63. The first kappa shape index (κ1) is 12.7. The van der Waals surface area contributed by atoms with Crippen LogP contribution in [0.25, 0.3) is 0 Å². The third kappa shape index (κ3) is 4.35. The molecule has 1 nitrogen and oxygen atoms in total. The van der Waals surface area contributed by atoms with Crippen molar-refractivity contribution in [3.05, 3.63) is 34.3 Å². The van der Waals surface area contributed by atoms with Crippen LogP contribution >= 0.6 is 15.9 Å². The first-order chi connectivity index (χ1) is 7.27. The summed E-state index contributed by atoms with van der Waals surface area (Å²) < 4.78 is 1.24. The second-order valence-electron chi connectivity index (χ2n) is 3.88. The molecule has 15 heavy (non-hydrogen) atoms. The van der Waals surface area contributed by atoms with Crippen molar-refractivity contribution in [1.82, 2.24) is 5.32 Å². The van der Waals surface area contributed by atoms with Crippen LogP contribution in [0, 0.1) is 0 Å². The molecule has 1 aromatic rings. The lowest BCUT2D eigenvalue weighted by Gasteiger charge is -2.13. The van der Waals surface area contributed by atoms with Crippen LogP contribution in [0.3, 0.4) is 0 Å². The predicted octanol–water partition coefficient (Wildman–Crippen LogP) is 3.77. The molecule has 0 saturated carbocycles. The lowest BCUT2D eigenvalue weighted by atomic mass is 10.0. The first-order valence-corrected chi connectivity index (χ1v) is 6.48. The van der Waals surface area contributed by atoms with E-state index in [4.69, 9.17) is 0 Å². The Morgan fingerprint density at radius 3 is 2.67 bits per heavy atom. The molecule has 0 bridgehead atoms. The molecule has 84 valence electrons. The highest BCUT2D eigenvalue weighted by Gasteiger charge is 2.03. The maximum atomic E-state index is 3.58. The molecule has 1 unspecified atom stereocenters. The van der Waals surface area contributed by atoms with Gasteiger partial charge in [0.25, 0.3) is 0 Å². The normalized spacial score (nSPS) is 12.7. The van der Waals surface area contributed by atoms with E-state index in [2.05, 4.69) is 52.4 Å². The van der Waals surface area contributed by atoms with Crippen LogP contribution in [0.4, 0.5) is 0 Å². The molecule has 0 aliphatic rings. The van der Waals surface area contributed by atoms with Crippen molar-refractivity contribution in [3.8, 4) is 0 Å². The minimum Gasteiger partial charge on any atom is -0.317 e. The van der Waals surface area contributed by atoms with Crippen LogP contribution in [-0.2, 0) is 6.42 Å². The number of aryl methyl sites for hydroxylation is 1. The molecule has 0 aromatic heterocycles. The Hall–Kier alpha value is -0.340. The molecular formula is C13H20BrN. The Kier molecular flexibility index (Phi) is 5.96. The van der Waals surface area contributed by atoms with E-state index < -0.39 is 0 Å². The molecule has 0 spiro atoms. The number of hydrogen-bond donors (Lipinski definition) is 1. The topological polar surface area (TPSA) is 12.0 Å². The van der Waals surface area contributed by atoms with Crippen molar-refractivity contribution in [3.63, 3.8) is 0 Å². The van der Waals surface area contributed by atoms with Crippen LogP contribution in [0.2, 0.25) is 0 Å². The Bertz CT molecular complexity index is 282. The van der Waals surface area contributed by atoms with Gasteiger partial charge in [-0.3, -0.25) is 0 Å². The zero-order chi connectivity index (χ0) is 11.1. The lowest BCUT2D eigenvalue weighted by molar-refractivity contribution is 0.491. The van der Waals surface area contributed by atoms with Gasteiger partial charge in [0, 0.05) is 10.5 Å². The molecule has 0 heterocycles. The molecule has 0 aliphatic carbocycles. The molecule has 0 amide bonds. The predicted molar refractivity (Wildman–Crippen MR) is 70.2 cm³/mol. The fraction of sp³-hybridized carbons (Fsp3) is 0.538. The van der Waals surface area contributed by atoms with E-state index in [-0.39, 0.29) is 0 Å². The summed E-state index contributed by atoms with van der Waals surface area (Å²) in [5, 5.41) is 3.34. The average molecular weight is 270 g/mol. The zero-order valence-electron chi connectivity index (χ0n) is 9.59. The van der Waals surface area contributed by atoms with Gasteiger partial charge in [0.1, 0.15) is 0 Å². The zero-order valence-corrected chi connectivity index (χ0v) is 11.2. The number of hydrogen-bond acceptors (Lipinski definition) is 1. The van der Waals surface area contributed by atoms with Gasteiger partial charge in [0.15, 0.2) is 0 Å². The fourth-order valence-corrected chi connectivity index (χ4v) is 2.28. The lowest BCUT2D eigenvalue weighted by Crippen LogP contribution is -2.23. The van der Waals surface area contributed by atoms with E-state index in [0.29, 0.717) is 6.04 Å². The molecule has 1 atom stereocenters. The Morgan fingerprint density at radius 1 is 1.33 bits per heavy atom. The highest BCUT2D eigenvalue weighted by molar-refractivity contribution is 9.10. The van der Waals surface area contributed by atoms with Crippen LogP contribution in [0.5, 0.6) is 0 Å². The number of halogens is 1. The molecular weight excluding hydrogens is 250 g/mol. The number of benzene rings is 1. The molecule has 2 heteroatoms. The van der Waals surface area contributed by atoms with Gasteiger partial charge in [-0.25, -0.2) is 0 Å². The van der Waals surface area contributed by atoms with E-state index in [1.165, 1.54) is 35.7 Å². The summed E-state index contributed by atoms with van der Waals surface area (Å²) in [4.78, 5) is 0. The van der Waals surface area contributed by atoms with Gasteiger partial charge in [-0.1, -0.05) is 41.1 Å². The summed E-state index contributed by atoms with van der Waals surface area (Å²) in [5.41, 5.74) is 1.42. The average Bonchev–Trinajstić information content (AvgIpc) is 2.27. The third-order valence-electron chi connectivity index (χ3n) is 2.86. The Morgan fingerprint density at radius 2 is 2.07 bits per heavy atom. The van der Waals surface area contributed by atoms with Crippen molar-refractivity contribution >= 4 is 15.9 Å². The standard InChI is InChI=1S/C13H20BrN/c1-3-12(15-2)9-6-8-11-7-4-5-10-13(11)14/h4-5,7,10,12,15H,3,6,8-9H2,1-2H3. The quantitative estimate of drug-likeness (QED) is 0.829. The summed E-state index contributed by atoms with van der Waals surface area (Å²) in [6.07, 6.45) is 4.89. The summed E-state index contributed by atoms with van der Waals surface area (Å²) in [7, 11) is 2.05. The SMILES string of the molecule is CCC(CCCc1ccccc1Br)NC. The Labute approximate surface area is 101 Å². The maximum Gasteiger partial charge on any atom is 0.0207 e. The van der Waals surface area contributed by atoms with Crippen molar-refractivity contribution in [2.75, 3.05) is 7.05 Å². The van der Waals surface area contributed by atoms with Crippen molar-refractivity contribution in [2.24, 2.45) is 0 Å². The van der Waals surface area contributed by atoms with Gasteiger partial charge in [-0.2, -0.15) is 0 Å². The molecule has 1 N–H and O–H groups in total.